The van der Waals surface area contributed by atoms with Crippen molar-refractivity contribution in [1.29, 1.82) is 0 Å². The van der Waals surface area contributed by atoms with Gasteiger partial charge in [-0.2, -0.15) is 0 Å². The van der Waals surface area contributed by atoms with Crippen LogP contribution in [0.3, 0.4) is 0 Å². The van der Waals surface area contributed by atoms with Crippen LogP contribution in [-0.4, -0.2) is 0 Å². The molecule has 3 aromatic rings. The summed E-state index contributed by atoms with van der Waals surface area (Å²) in [6, 6.07) is 27.4. The first-order chi connectivity index (χ1) is 12.3. The third-order valence-electron chi connectivity index (χ3n) is 4.90. The lowest BCUT2D eigenvalue weighted by molar-refractivity contribution is 0.814. The molecular weight excluding hydrogens is 300 g/mol. The van der Waals surface area contributed by atoms with Crippen molar-refractivity contribution in [1.82, 2.24) is 0 Å². The van der Waals surface area contributed by atoms with Crippen molar-refractivity contribution in [3.8, 4) is 11.1 Å². The summed E-state index contributed by atoms with van der Waals surface area (Å²) in [5, 5.41) is 0. The van der Waals surface area contributed by atoms with Gasteiger partial charge in [0.2, 0.25) is 0 Å². The second-order valence-corrected chi connectivity index (χ2v) is 6.75. The van der Waals surface area contributed by atoms with E-state index in [1.165, 1.54) is 39.8 Å². The van der Waals surface area contributed by atoms with Crippen LogP contribution in [0, 0.1) is 13.0 Å². The Morgan fingerprint density at radius 2 is 1.48 bits per heavy atom. The van der Waals surface area contributed by atoms with E-state index in [0.717, 1.165) is 25.7 Å². The zero-order chi connectivity index (χ0) is 17.5. The van der Waals surface area contributed by atoms with Crippen LogP contribution < -0.4 is 0 Å². The van der Waals surface area contributed by atoms with Gasteiger partial charge in [-0.05, 0) is 72.1 Å². The summed E-state index contributed by atoms with van der Waals surface area (Å²) >= 11 is 0. The largest absolute Gasteiger partial charge is 0.0651 e. The molecule has 0 amide bonds. The zero-order valence-electron chi connectivity index (χ0n) is 15.4. The van der Waals surface area contributed by atoms with E-state index in [0.29, 0.717) is 0 Å². The van der Waals surface area contributed by atoms with Gasteiger partial charge in [0.15, 0.2) is 0 Å². The Kier molecular flexibility index (Phi) is 6.06. The number of aryl methyl sites for hydroxylation is 3. The molecule has 0 unspecified atom stereocenters. The lowest BCUT2D eigenvalue weighted by Gasteiger charge is -2.16. The molecular formula is C25H27. The van der Waals surface area contributed by atoms with Crippen LogP contribution in [0.25, 0.3) is 11.1 Å². The first-order valence-electron chi connectivity index (χ1n) is 9.42. The molecule has 0 N–H and O–H groups in total. The molecule has 3 rings (SSSR count). The monoisotopic (exact) mass is 327 g/mol. The lowest BCUT2D eigenvalue weighted by Crippen LogP contribution is -2.00. The summed E-state index contributed by atoms with van der Waals surface area (Å²) in [7, 11) is 0. The van der Waals surface area contributed by atoms with Crippen molar-refractivity contribution < 1.29 is 0 Å². The fraction of sp³-hybridized carbons (Fsp3) is 0.280. The summed E-state index contributed by atoms with van der Waals surface area (Å²) in [6.07, 6.45) is 5.68. The minimum absolute atomic E-state index is 1.09. The van der Waals surface area contributed by atoms with E-state index in [1.807, 2.05) is 0 Å². The highest BCUT2D eigenvalue weighted by Crippen LogP contribution is 2.31. The van der Waals surface area contributed by atoms with Gasteiger partial charge in [0.1, 0.15) is 0 Å². The van der Waals surface area contributed by atoms with E-state index >= 15 is 0 Å². The molecule has 127 valence electrons. The zero-order valence-corrected chi connectivity index (χ0v) is 15.4. The molecule has 0 aliphatic heterocycles. The Morgan fingerprint density at radius 3 is 2.16 bits per heavy atom. The highest BCUT2D eigenvalue weighted by Gasteiger charge is 2.12. The third kappa shape index (κ3) is 4.39. The lowest BCUT2D eigenvalue weighted by atomic mass is 9.88. The number of hydrogen-bond acceptors (Lipinski definition) is 0. The molecule has 0 atom stereocenters. The van der Waals surface area contributed by atoms with Gasteiger partial charge in [0.25, 0.3) is 0 Å². The van der Waals surface area contributed by atoms with Crippen LogP contribution >= 0.6 is 0 Å². The van der Waals surface area contributed by atoms with Crippen molar-refractivity contribution >= 4 is 0 Å². The van der Waals surface area contributed by atoms with E-state index < -0.39 is 0 Å². The molecule has 3 aromatic carbocycles. The Balaban J connectivity index is 1.83. The van der Waals surface area contributed by atoms with Gasteiger partial charge in [-0.3, -0.25) is 0 Å². The maximum atomic E-state index is 3.59. The van der Waals surface area contributed by atoms with Crippen molar-refractivity contribution in [2.75, 3.05) is 0 Å². The maximum absolute atomic E-state index is 3.59. The van der Waals surface area contributed by atoms with Gasteiger partial charge in [-0.15, -0.1) is 0 Å². The Hall–Kier alpha value is -2.34. The Morgan fingerprint density at radius 1 is 0.800 bits per heavy atom. The Bertz CT molecular complexity index is 785. The molecule has 0 spiro atoms. The van der Waals surface area contributed by atoms with Crippen LogP contribution in [0.1, 0.15) is 42.0 Å². The Labute approximate surface area is 152 Å². The molecule has 1 radical (unpaired) electrons. The summed E-state index contributed by atoms with van der Waals surface area (Å²) in [5.41, 5.74) is 8.38. The van der Waals surface area contributed by atoms with Gasteiger partial charge >= 0.3 is 0 Å². The molecule has 0 nitrogen and oxygen atoms in total. The first-order valence-corrected chi connectivity index (χ1v) is 9.42. The molecule has 0 saturated heterocycles. The molecule has 0 heteroatoms. The summed E-state index contributed by atoms with van der Waals surface area (Å²) in [4.78, 5) is 0. The molecule has 0 aliphatic rings. The maximum Gasteiger partial charge on any atom is -0.0114 e. The van der Waals surface area contributed by atoms with Crippen molar-refractivity contribution in [3.05, 3.63) is 95.1 Å². The SMILES string of the molecule is CCCc1[c]cc(CCCc2ccccc2)c(C)c1-c1ccccc1. The fourth-order valence-electron chi connectivity index (χ4n) is 3.57. The van der Waals surface area contributed by atoms with E-state index in [4.69, 9.17) is 0 Å². The van der Waals surface area contributed by atoms with E-state index in [9.17, 15) is 0 Å². The van der Waals surface area contributed by atoms with E-state index in [-0.39, 0.29) is 0 Å². The molecule has 25 heavy (non-hydrogen) atoms. The number of benzene rings is 3. The van der Waals surface area contributed by atoms with Crippen LogP contribution in [0.2, 0.25) is 0 Å². The van der Waals surface area contributed by atoms with Crippen LogP contribution in [0.4, 0.5) is 0 Å². The molecule has 0 aliphatic carbocycles. The van der Waals surface area contributed by atoms with E-state index in [2.05, 4.69) is 86.6 Å². The fourth-order valence-corrected chi connectivity index (χ4v) is 3.57. The predicted molar refractivity (Wildman–Crippen MR) is 108 cm³/mol. The van der Waals surface area contributed by atoms with Gasteiger partial charge in [0.05, 0.1) is 0 Å². The summed E-state index contributed by atoms with van der Waals surface area (Å²) < 4.78 is 0. The topological polar surface area (TPSA) is 0 Å². The van der Waals surface area contributed by atoms with Gasteiger partial charge in [-0.1, -0.05) is 80.1 Å². The third-order valence-corrected chi connectivity index (χ3v) is 4.90. The minimum atomic E-state index is 1.09. The number of rotatable bonds is 7. The molecule has 0 heterocycles. The van der Waals surface area contributed by atoms with Gasteiger partial charge < -0.3 is 0 Å². The minimum Gasteiger partial charge on any atom is -0.0651 e. The molecule has 0 fully saturated rings. The van der Waals surface area contributed by atoms with Crippen molar-refractivity contribution in [3.63, 3.8) is 0 Å². The standard InChI is InChI=1S/C25H27/c1-3-11-23-19-18-22(17-10-14-21-12-6-4-7-13-21)20(2)25(23)24-15-8-5-9-16-24/h4-9,12-13,15-16,18H,3,10-11,14,17H2,1-2H3. The van der Waals surface area contributed by atoms with Crippen LogP contribution in [0.5, 0.6) is 0 Å². The van der Waals surface area contributed by atoms with Crippen LogP contribution in [-0.2, 0) is 19.3 Å². The predicted octanol–water partition coefficient (Wildman–Crippen LogP) is 6.59. The van der Waals surface area contributed by atoms with Gasteiger partial charge in [0, 0.05) is 0 Å². The average Bonchev–Trinajstić information content (AvgIpc) is 2.65. The molecule has 0 aromatic heterocycles. The molecule has 0 saturated carbocycles. The quantitative estimate of drug-likeness (QED) is 0.459. The highest BCUT2D eigenvalue weighted by molar-refractivity contribution is 5.72. The van der Waals surface area contributed by atoms with Crippen molar-refractivity contribution in [2.45, 2.75) is 46.0 Å². The van der Waals surface area contributed by atoms with Gasteiger partial charge in [-0.25, -0.2) is 0 Å². The smallest absolute Gasteiger partial charge is 0.0114 e. The second-order valence-electron chi connectivity index (χ2n) is 6.75. The normalized spacial score (nSPS) is 10.8. The second kappa shape index (κ2) is 8.67. The van der Waals surface area contributed by atoms with Crippen molar-refractivity contribution in [2.24, 2.45) is 0 Å². The molecule has 0 bridgehead atoms. The van der Waals surface area contributed by atoms with E-state index in [1.54, 1.807) is 0 Å². The highest BCUT2D eigenvalue weighted by atomic mass is 14.2. The summed E-state index contributed by atoms with van der Waals surface area (Å²) in [6.45, 7) is 4.53. The first kappa shape index (κ1) is 17.5. The average molecular weight is 327 g/mol. The summed E-state index contributed by atoms with van der Waals surface area (Å²) in [5.74, 6) is 0. The number of hydrogen-bond donors (Lipinski definition) is 0. The van der Waals surface area contributed by atoms with Crippen LogP contribution in [0.15, 0.2) is 66.7 Å².